The molecule has 3 aromatic rings. The predicted octanol–water partition coefficient (Wildman–Crippen LogP) is 4.93. The molecule has 0 radical (unpaired) electrons. The first-order valence-corrected chi connectivity index (χ1v) is 7.14. The lowest BCUT2D eigenvalue weighted by Crippen LogP contribution is -1.90. The third-order valence-corrected chi connectivity index (χ3v) is 3.71. The molecule has 2 heteroatoms. The predicted molar refractivity (Wildman–Crippen MR) is 89.0 cm³/mol. The molecule has 0 aliphatic rings. The molecule has 0 bridgehead atoms. The minimum absolute atomic E-state index is 0.0780. The third-order valence-electron chi connectivity index (χ3n) is 3.71. The van der Waals surface area contributed by atoms with E-state index in [4.69, 9.17) is 0 Å². The summed E-state index contributed by atoms with van der Waals surface area (Å²) in [5, 5.41) is 9.33. The van der Waals surface area contributed by atoms with Crippen LogP contribution in [0.3, 0.4) is 0 Å². The molecule has 3 rings (SSSR count). The van der Waals surface area contributed by atoms with Crippen molar-refractivity contribution in [3.8, 4) is 28.0 Å². The van der Waals surface area contributed by atoms with Crippen LogP contribution in [0.2, 0.25) is 0 Å². The minimum atomic E-state index is 0.0780. The van der Waals surface area contributed by atoms with Gasteiger partial charge in [0, 0.05) is 5.56 Å². The summed E-state index contributed by atoms with van der Waals surface area (Å²) in [4.78, 5) is 11.3. The monoisotopic (exact) mass is 288 g/mol. The Kier molecular flexibility index (Phi) is 3.75. The zero-order chi connectivity index (χ0) is 15.5. The van der Waals surface area contributed by atoms with Crippen LogP contribution in [0, 0.1) is 0 Å². The summed E-state index contributed by atoms with van der Waals surface area (Å²) in [6.45, 7) is 1.57. The Labute approximate surface area is 129 Å². The van der Waals surface area contributed by atoms with Gasteiger partial charge in [0.2, 0.25) is 0 Å². The van der Waals surface area contributed by atoms with Gasteiger partial charge in [0.15, 0.2) is 5.78 Å². The van der Waals surface area contributed by atoms with Crippen LogP contribution in [0.25, 0.3) is 22.3 Å². The van der Waals surface area contributed by atoms with Gasteiger partial charge in [-0.15, -0.1) is 0 Å². The summed E-state index contributed by atoms with van der Waals surface area (Å²) in [6.07, 6.45) is 0. The lowest BCUT2D eigenvalue weighted by molar-refractivity contribution is 0.101. The molecule has 0 unspecified atom stereocenters. The number of benzene rings is 3. The molecule has 22 heavy (non-hydrogen) atoms. The Hall–Kier alpha value is -2.87. The lowest BCUT2D eigenvalue weighted by atomic mass is 9.99. The molecule has 1 N–H and O–H groups in total. The molecule has 0 fully saturated rings. The SMILES string of the molecule is CC(=O)c1ccc(-c2ccc(-c3ccc(O)cc3)cc2)cc1. The number of rotatable bonds is 3. The van der Waals surface area contributed by atoms with Crippen molar-refractivity contribution in [1.29, 1.82) is 0 Å². The Morgan fingerprint density at radius 3 is 1.32 bits per heavy atom. The number of carbonyl (C=O) groups is 1. The van der Waals surface area contributed by atoms with E-state index in [2.05, 4.69) is 24.3 Å². The Morgan fingerprint density at radius 2 is 0.955 bits per heavy atom. The van der Waals surface area contributed by atoms with Gasteiger partial charge < -0.3 is 5.11 Å². The molecule has 0 spiro atoms. The normalized spacial score (nSPS) is 10.4. The van der Waals surface area contributed by atoms with Crippen molar-refractivity contribution in [3.63, 3.8) is 0 Å². The van der Waals surface area contributed by atoms with Crippen molar-refractivity contribution >= 4 is 5.78 Å². The number of aromatic hydroxyl groups is 1. The molecular weight excluding hydrogens is 272 g/mol. The number of phenolic OH excluding ortho intramolecular Hbond substituents is 1. The molecule has 0 heterocycles. The first-order valence-electron chi connectivity index (χ1n) is 7.14. The van der Waals surface area contributed by atoms with E-state index in [9.17, 15) is 9.90 Å². The van der Waals surface area contributed by atoms with Crippen molar-refractivity contribution in [1.82, 2.24) is 0 Å². The van der Waals surface area contributed by atoms with Gasteiger partial charge in [0.1, 0.15) is 5.75 Å². The molecular formula is C20H16O2. The fraction of sp³-hybridized carbons (Fsp3) is 0.0500. The van der Waals surface area contributed by atoms with Crippen LogP contribution in [0.5, 0.6) is 5.75 Å². The molecule has 0 aromatic heterocycles. The lowest BCUT2D eigenvalue weighted by Gasteiger charge is -2.06. The van der Waals surface area contributed by atoms with Gasteiger partial charge in [0.25, 0.3) is 0 Å². The van der Waals surface area contributed by atoms with Gasteiger partial charge in [0.05, 0.1) is 0 Å². The van der Waals surface area contributed by atoms with Crippen LogP contribution >= 0.6 is 0 Å². The van der Waals surface area contributed by atoms with Crippen molar-refractivity contribution < 1.29 is 9.90 Å². The maximum Gasteiger partial charge on any atom is 0.159 e. The zero-order valence-corrected chi connectivity index (χ0v) is 12.3. The summed E-state index contributed by atoms with van der Waals surface area (Å²) in [5.74, 6) is 0.347. The highest BCUT2D eigenvalue weighted by atomic mass is 16.3. The molecule has 0 atom stereocenters. The quantitative estimate of drug-likeness (QED) is 0.694. The smallest absolute Gasteiger partial charge is 0.159 e. The second-order valence-corrected chi connectivity index (χ2v) is 5.26. The first kappa shape index (κ1) is 14.1. The number of carbonyl (C=O) groups excluding carboxylic acids is 1. The summed E-state index contributed by atoms with van der Waals surface area (Å²) < 4.78 is 0. The maximum absolute atomic E-state index is 11.3. The first-order chi connectivity index (χ1) is 10.6. The van der Waals surface area contributed by atoms with Crippen LogP contribution in [0.1, 0.15) is 17.3 Å². The zero-order valence-electron chi connectivity index (χ0n) is 12.3. The van der Waals surface area contributed by atoms with Crippen molar-refractivity contribution in [2.45, 2.75) is 6.92 Å². The van der Waals surface area contributed by atoms with E-state index in [1.807, 2.05) is 36.4 Å². The summed E-state index contributed by atoms with van der Waals surface area (Å²) in [5.41, 5.74) is 5.09. The van der Waals surface area contributed by atoms with Gasteiger partial charge in [-0.1, -0.05) is 60.7 Å². The largest absolute Gasteiger partial charge is 0.508 e. The van der Waals surface area contributed by atoms with Gasteiger partial charge >= 0.3 is 0 Å². The molecule has 0 saturated heterocycles. The Balaban J connectivity index is 1.87. The van der Waals surface area contributed by atoms with Crippen molar-refractivity contribution in [2.75, 3.05) is 0 Å². The summed E-state index contributed by atoms with van der Waals surface area (Å²) in [7, 11) is 0. The Bertz CT molecular complexity index is 783. The molecule has 0 aliphatic heterocycles. The molecule has 108 valence electrons. The van der Waals surface area contributed by atoms with Gasteiger partial charge in [-0.3, -0.25) is 4.79 Å². The highest BCUT2D eigenvalue weighted by molar-refractivity contribution is 5.94. The van der Waals surface area contributed by atoms with Crippen LogP contribution in [-0.4, -0.2) is 10.9 Å². The average Bonchev–Trinajstić information content (AvgIpc) is 2.56. The maximum atomic E-state index is 11.3. The highest BCUT2D eigenvalue weighted by Gasteiger charge is 2.02. The number of hydrogen-bond acceptors (Lipinski definition) is 2. The average molecular weight is 288 g/mol. The molecule has 0 aliphatic carbocycles. The number of ketones is 1. The fourth-order valence-corrected chi connectivity index (χ4v) is 2.41. The van der Waals surface area contributed by atoms with Crippen LogP contribution < -0.4 is 0 Å². The third kappa shape index (κ3) is 2.91. The van der Waals surface area contributed by atoms with E-state index < -0.39 is 0 Å². The van der Waals surface area contributed by atoms with E-state index in [0.717, 1.165) is 27.8 Å². The molecule has 0 amide bonds. The second kappa shape index (κ2) is 5.86. The number of hydrogen-bond donors (Lipinski definition) is 1. The summed E-state index contributed by atoms with van der Waals surface area (Å²) in [6, 6.07) is 23.0. The topological polar surface area (TPSA) is 37.3 Å². The molecule has 3 aromatic carbocycles. The second-order valence-electron chi connectivity index (χ2n) is 5.26. The van der Waals surface area contributed by atoms with Gasteiger partial charge in [-0.2, -0.15) is 0 Å². The van der Waals surface area contributed by atoms with Crippen LogP contribution in [-0.2, 0) is 0 Å². The Morgan fingerprint density at radius 1 is 0.636 bits per heavy atom. The minimum Gasteiger partial charge on any atom is -0.508 e. The molecule has 0 saturated carbocycles. The number of phenols is 1. The van der Waals surface area contributed by atoms with Crippen molar-refractivity contribution in [2.24, 2.45) is 0 Å². The van der Waals surface area contributed by atoms with Gasteiger partial charge in [-0.05, 0) is 41.3 Å². The van der Waals surface area contributed by atoms with E-state index in [1.54, 1.807) is 19.1 Å². The van der Waals surface area contributed by atoms with Crippen LogP contribution in [0.4, 0.5) is 0 Å². The van der Waals surface area contributed by atoms with E-state index in [1.165, 1.54) is 0 Å². The van der Waals surface area contributed by atoms with E-state index in [0.29, 0.717) is 0 Å². The number of Topliss-reactive ketones (excluding diaryl/α,β-unsaturated/α-hetero) is 1. The van der Waals surface area contributed by atoms with E-state index >= 15 is 0 Å². The van der Waals surface area contributed by atoms with E-state index in [-0.39, 0.29) is 11.5 Å². The fourth-order valence-electron chi connectivity index (χ4n) is 2.41. The standard InChI is InChI=1S/C20H16O2/c1-14(21)15-2-4-16(5-3-15)17-6-8-18(9-7-17)19-10-12-20(22)13-11-19/h2-13,22H,1H3. The van der Waals surface area contributed by atoms with Crippen LogP contribution in [0.15, 0.2) is 72.8 Å². The summed E-state index contributed by atoms with van der Waals surface area (Å²) >= 11 is 0. The highest BCUT2D eigenvalue weighted by Crippen LogP contribution is 2.26. The van der Waals surface area contributed by atoms with Crippen molar-refractivity contribution in [3.05, 3.63) is 78.4 Å². The molecule has 2 nitrogen and oxygen atoms in total. The van der Waals surface area contributed by atoms with Gasteiger partial charge in [-0.25, -0.2) is 0 Å².